The molecule has 0 aliphatic heterocycles. The van der Waals surface area contributed by atoms with E-state index in [1.807, 2.05) is 56.2 Å². The molecule has 4 heterocycles. The Bertz CT molecular complexity index is 1030. The van der Waals surface area contributed by atoms with Crippen LogP contribution < -0.4 is 0 Å². The van der Waals surface area contributed by atoms with Gasteiger partial charge in [-0.05, 0) is 44.0 Å². The third-order valence-corrected chi connectivity index (χ3v) is 4.09. The summed E-state index contributed by atoms with van der Waals surface area (Å²) in [5, 5.41) is 12.7. The first-order valence-corrected chi connectivity index (χ1v) is 8.38. The van der Waals surface area contributed by atoms with Crippen molar-refractivity contribution in [3.63, 3.8) is 0 Å². The summed E-state index contributed by atoms with van der Waals surface area (Å²) < 4.78 is 8.95. The summed E-state index contributed by atoms with van der Waals surface area (Å²) in [4.78, 5) is 8.93. The highest BCUT2D eigenvalue weighted by molar-refractivity contribution is 5.53. The van der Waals surface area contributed by atoms with E-state index >= 15 is 0 Å². The lowest BCUT2D eigenvalue weighted by atomic mass is 10.2. The molecule has 8 heteroatoms. The first kappa shape index (κ1) is 16.2. The molecule has 0 fully saturated rings. The van der Waals surface area contributed by atoms with Crippen LogP contribution in [0.1, 0.15) is 22.8 Å². The minimum Gasteiger partial charge on any atom is -0.339 e. The van der Waals surface area contributed by atoms with E-state index in [0.717, 1.165) is 34.8 Å². The molecule has 132 valence electrons. The average molecular weight is 349 g/mol. The fraction of sp³-hybridized carbons (Fsp3) is 0.278. The van der Waals surface area contributed by atoms with E-state index in [0.29, 0.717) is 18.1 Å². The van der Waals surface area contributed by atoms with Gasteiger partial charge in [0, 0.05) is 37.1 Å². The summed E-state index contributed by atoms with van der Waals surface area (Å²) in [7, 11) is 1.90. The molecule has 4 aromatic heterocycles. The quantitative estimate of drug-likeness (QED) is 0.550. The van der Waals surface area contributed by atoms with Gasteiger partial charge in [-0.15, -0.1) is 0 Å². The largest absolute Gasteiger partial charge is 0.339 e. The number of hydrogen-bond donors (Lipinski definition) is 0. The molecule has 26 heavy (non-hydrogen) atoms. The number of aromatic nitrogens is 7. The highest BCUT2D eigenvalue weighted by Crippen LogP contribution is 2.18. The van der Waals surface area contributed by atoms with Crippen LogP contribution in [0.5, 0.6) is 0 Å². The molecule has 0 atom stereocenters. The van der Waals surface area contributed by atoms with Crippen LogP contribution in [0.4, 0.5) is 0 Å². The Morgan fingerprint density at radius 1 is 1.12 bits per heavy atom. The number of rotatable bonds is 5. The lowest BCUT2D eigenvalue weighted by Gasteiger charge is -2.03. The van der Waals surface area contributed by atoms with Crippen molar-refractivity contribution >= 4 is 0 Å². The maximum Gasteiger partial charge on any atom is 0.227 e. The van der Waals surface area contributed by atoms with Crippen LogP contribution in [0.3, 0.4) is 0 Å². The second kappa shape index (κ2) is 6.55. The van der Waals surface area contributed by atoms with Crippen LogP contribution in [0, 0.1) is 13.8 Å². The number of hydrogen-bond acceptors (Lipinski definition) is 6. The zero-order valence-electron chi connectivity index (χ0n) is 14.9. The van der Waals surface area contributed by atoms with Gasteiger partial charge in [0.05, 0.1) is 11.9 Å². The molecule has 0 spiro atoms. The molecule has 0 radical (unpaired) electrons. The molecule has 0 amide bonds. The van der Waals surface area contributed by atoms with Gasteiger partial charge in [0.1, 0.15) is 0 Å². The second-order valence-corrected chi connectivity index (χ2v) is 6.28. The van der Waals surface area contributed by atoms with Crippen molar-refractivity contribution in [1.82, 2.24) is 34.7 Å². The molecule has 8 nitrogen and oxygen atoms in total. The normalized spacial score (nSPS) is 11.2. The van der Waals surface area contributed by atoms with Gasteiger partial charge >= 0.3 is 0 Å². The highest BCUT2D eigenvalue weighted by atomic mass is 16.5. The van der Waals surface area contributed by atoms with Gasteiger partial charge < -0.3 is 4.52 Å². The molecular formula is C18H19N7O. The van der Waals surface area contributed by atoms with Crippen molar-refractivity contribution in [2.75, 3.05) is 0 Å². The lowest BCUT2D eigenvalue weighted by molar-refractivity contribution is 0.379. The maximum absolute atomic E-state index is 5.35. The van der Waals surface area contributed by atoms with Gasteiger partial charge in [0.25, 0.3) is 0 Å². The van der Waals surface area contributed by atoms with Crippen LogP contribution in [-0.2, 0) is 19.9 Å². The van der Waals surface area contributed by atoms with Crippen LogP contribution in [0.2, 0.25) is 0 Å². The Hall–Kier alpha value is -3.29. The Morgan fingerprint density at radius 3 is 2.65 bits per heavy atom. The van der Waals surface area contributed by atoms with Crippen LogP contribution in [0.15, 0.2) is 41.3 Å². The summed E-state index contributed by atoms with van der Waals surface area (Å²) in [6, 6.07) is 5.85. The SMILES string of the molecule is Cc1cc(C)n(-c2ccc(-c3noc(CCc4cnn(C)c4)n3)cn2)n1. The van der Waals surface area contributed by atoms with Crippen molar-refractivity contribution in [2.24, 2.45) is 7.05 Å². The maximum atomic E-state index is 5.35. The van der Waals surface area contributed by atoms with E-state index in [1.165, 1.54) is 0 Å². The molecular weight excluding hydrogens is 330 g/mol. The zero-order chi connectivity index (χ0) is 18.1. The van der Waals surface area contributed by atoms with Crippen LogP contribution in [0.25, 0.3) is 17.2 Å². The van der Waals surface area contributed by atoms with Gasteiger partial charge in [-0.3, -0.25) is 4.68 Å². The van der Waals surface area contributed by atoms with Crippen molar-refractivity contribution in [3.8, 4) is 17.2 Å². The first-order chi connectivity index (χ1) is 12.6. The van der Waals surface area contributed by atoms with Crippen molar-refractivity contribution in [1.29, 1.82) is 0 Å². The number of nitrogens with zero attached hydrogens (tertiary/aromatic N) is 7. The van der Waals surface area contributed by atoms with Crippen LogP contribution in [-0.4, -0.2) is 34.7 Å². The summed E-state index contributed by atoms with van der Waals surface area (Å²) in [5.41, 5.74) is 3.96. The van der Waals surface area contributed by atoms with E-state index in [2.05, 4.69) is 25.3 Å². The molecule has 0 saturated heterocycles. The number of pyridine rings is 1. The average Bonchev–Trinajstić information content (AvgIpc) is 3.34. The van der Waals surface area contributed by atoms with Crippen molar-refractivity contribution < 1.29 is 4.52 Å². The van der Waals surface area contributed by atoms with Gasteiger partial charge in [-0.2, -0.15) is 15.2 Å². The molecule has 0 aromatic carbocycles. The molecule has 0 bridgehead atoms. The van der Waals surface area contributed by atoms with Gasteiger partial charge in [-0.1, -0.05) is 5.16 Å². The van der Waals surface area contributed by atoms with Crippen molar-refractivity contribution in [2.45, 2.75) is 26.7 Å². The summed E-state index contributed by atoms with van der Waals surface area (Å²) in [5.74, 6) is 1.91. The number of aryl methyl sites for hydroxylation is 5. The second-order valence-electron chi connectivity index (χ2n) is 6.28. The third kappa shape index (κ3) is 3.26. The summed E-state index contributed by atoms with van der Waals surface area (Å²) in [6.45, 7) is 3.97. The highest BCUT2D eigenvalue weighted by Gasteiger charge is 2.11. The van der Waals surface area contributed by atoms with Gasteiger partial charge in [0.2, 0.25) is 11.7 Å². The van der Waals surface area contributed by atoms with Crippen molar-refractivity contribution in [3.05, 3.63) is 59.6 Å². The zero-order valence-corrected chi connectivity index (χ0v) is 14.9. The van der Waals surface area contributed by atoms with Gasteiger partial charge in [0.15, 0.2) is 5.82 Å². The molecule has 0 aliphatic carbocycles. The van der Waals surface area contributed by atoms with E-state index in [9.17, 15) is 0 Å². The topological polar surface area (TPSA) is 87.5 Å². The van der Waals surface area contributed by atoms with E-state index in [-0.39, 0.29) is 0 Å². The predicted molar refractivity (Wildman–Crippen MR) is 94.7 cm³/mol. The molecule has 0 saturated carbocycles. The molecule has 4 rings (SSSR count). The lowest BCUT2D eigenvalue weighted by Crippen LogP contribution is -2.01. The monoisotopic (exact) mass is 349 g/mol. The Morgan fingerprint density at radius 2 is 2.00 bits per heavy atom. The summed E-state index contributed by atoms with van der Waals surface area (Å²) >= 11 is 0. The smallest absolute Gasteiger partial charge is 0.227 e. The molecule has 4 aromatic rings. The summed E-state index contributed by atoms with van der Waals surface area (Å²) in [6.07, 6.45) is 7.06. The fourth-order valence-corrected chi connectivity index (χ4v) is 2.83. The Balaban J connectivity index is 1.48. The Labute approximate surface area is 150 Å². The van der Waals surface area contributed by atoms with E-state index < -0.39 is 0 Å². The van der Waals surface area contributed by atoms with Gasteiger partial charge in [-0.25, -0.2) is 9.67 Å². The minimum atomic E-state index is 0.540. The van der Waals surface area contributed by atoms with E-state index in [1.54, 1.807) is 10.9 Å². The fourth-order valence-electron chi connectivity index (χ4n) is 2.83. The third-order valence-electron chi connectivity index (χ3n) is 4.09. The minimum absolute atomic E-state index is 0.540. The van der Waals surface area contributed by atoms with Crippen LogP contribution >= 0.6 is 0 Å². The predicted octanol–water partition coefficient (Wildman–Crippen LogP) is 2.45. The standard InChI is InChI=1S/C18H19N7O/c1-12-8-13(2)25(22-12)16-6-5-15(10-19-16)18-21-17(26-23-18)7-4-14-9-20-24(3)11-14/h5-6,8-11H,4,7H2,1-3H3. The molecule has 0 N–H and O–H groups in total. The molecule has 0 aliphatic rings. The Kier molecular flexibility index (Phi) is 4.08. The van der Waals surface area contributed by atoms with E-state index in [4.69, 9.17) is 4.52 Å². The molecule has 0 unspecified atom stereocenters. The first-order valence-electron chi connectivity index (χ1n) is 8.38.